The zero-order valence-electron chi connectivity index (χ0n) is 15.2. The fourth-order valence-corrected chi connectivity index (χ4v) is 3.19. The average Bonchev–Trinajstić information content (AvgIpc) is 2.73. The molecule has 0 amide bonds. The van der Waals surface area contributed by atoms with Gasteiger partial charge >= 0.3 is 0 Å². The van der Waals surface area contributed by atoms with Crippen LogP contribution in [0.4, 0.5) is 0 Å². The Labute approximate surface area is 167 Å². The maximum atomic E-state index is 12.8. The van der Waals surface area contributed by atoms with Crippen LogP contribution in [0, 0.1) is 0 Å². The van der Waals surface area contributed by atoms with Crippen molar-refractivity contribution in [2.45, 2.75) is 0 Å². The van der Waals surface area contributed by atoms with E-state index in [4.69, 9.17) is 16.3 Å². The first kappa shape index (κ1) is 18.0. The van der Waals surface area contributed by atoms with Gasteiger partial charge in [-0.1, -0.05) is 54.1 Å². The molecule has 4 nitrogen and oxygen atoms in total. The van der Waals surface area contributed by atoms with Crippen LogP contribution >= 0.6 is 11.6 Å². The van der Waals surface area contributed by atoms with E-state index in [9.17, 15) is 4.79 Å². The van der Waals surface area contributed by atoms with Crippen molar-refractivity contribution in [3.63, 3.8) is 0 Å². The molecule has 0 N–H and O–H groups in total. The van der Waals surface area contributed by atoms with E-state index in [-0.39, 0.29) is 5.56 Å². The molecule has 0 saturated heterocycles. The van der Waals surface area contributed by atoms with Gasteiger partial charge in [0, 0.05) is 5.39 Å². The molecule has 5 heteroatoms. The molecule has 0 aliphatic heterocycles. The van der Waals surface area contributed by atoms with E-state index in [1.807, 2.05) is 66.7 Å². The predicted molar refractivity (Wildman–Crippen MR) is 114 cm³/mol. The Bertz CT molecular complexity index is 1230. The summed E-state index contributed by atoms with van der Waals surface area (Å²) in [6.45, 7) is 0. The molecule has 0 unspecified atom stereocenters. The maximum absolute atomic E-state index is 12.8. The van der Waals surface area contributed by atoms with Crippen molar-refractivity contribution >= 4 is 34.5 Å². The van der Waals surface area contributed by atoms with Crippen molar-refractivity contribution < 1.29 is 4.74 Å². The van der Waals surface area contributed by atoms with Crippen LogP contribution in [-0.4, -0.2) is 16.9 Å². The highest BCUT2D eigenvalue weighted by molar-refractivity contribution is 6.32. The second-order valence-corrected chi connectivity index (χ2v) is 6.67. The lowest BCUT2D eigenvalue weighted by atomic mass is 10.1. The van der Waals surface area contributed by atoms with Gasteiger partial charge in [-0.15, -0.1) is 0 Å². The largest absolute Gasteiger partial charge is 0.497 e. The number of para-hydroxylation sites is 1. The van der Waals surface area contributed by atoms with Crippen LogP contribution in [0.2, 0.25) is 5.02 Å². The lowest BCUT2D eigenvalue weighted by molar-refractivity contribution is 0.415. The molecule has 138 valence electrons. The summed E-state index contributed by atoms with van der Waals surface area (Å²) in [4.78, 5) is 12.8. The molecule has 3 aromatic carbocycles. The number of hydrogen-bond acceptors (Lipinski definition) is 3. The molecule has 4 aromatic rings. The van der Waals surface area contributed by atoms with E-state index in [1.54, 1.807) is 25.4 Å². The summed E-state index contributed by atoms with van der Waals surface area (Å²) < 4.78 is 6.50. The Kier molecular flexibility index (Phi) is 4.96. The molecule has 0 fully saturated rings. The Morgan fingerprint density at radius 1 is 0.964 bits per heavy atom. The van der Waals surface area contributed by atoms with Crippen LogP contribution in [0.1, 0.15) is 11.1 Å². The summed E-state index contributed by atoms with van der Waals surface area (Å²) in [6, 6.07) is 20.6. The second kappa shape index (κ2) is 7.71. The van der Waals surface area contributed by atoms with Gasteiger partial charge < -0.3 is 4.74 Å². The Hall–Kier alpha value is -3.37. The highest BCUT2D eigenvalue weighted by Crippen LogP contribution is 2.20. The number of halogens is 1. The van der Waals surface area contributed by atoms with E-state index < -0.39 is 0 Å². The summed E-state index contributed by atoms with van der Waals surface area (Å²) in [5.41, 5.74) is 2.42. The Morgan fingerprint density at radius 2 is 1.68 bits per heavy atom. The number of benzene rings is 3. The van der Waals surface area contributed by atoms with Crippen LogP contribution < -0.4 is 10.3 Å². The van der Waals surface area contributed by atoms with Crippen molar-refractivity contribution in [3.8, 4) is 11.4 Å². The number of nitrogens with zero attached hydrogens (tertiary/aromatic N) is 2. The molecule has 0 aliphatic rings. The second-order valence-electron chi connectivity index (χ2n) is 6.27. The van der Waals surface area contributed by atoms with Gasteiger partial charge in [0.2, 0.25) is 0 Å². The van der Waals surface area contributed by atoms with Gasteiger partial charge in [-0.25, -0.2) is 0 Å². The molecule has 4 rings (SSSR count). The minimum Gasteiger partial charge on any atom is -0.497 e. The molecular formula is C23H17ClN2O2. The smallest absolute Gasteiger partial charge is 0.279 e. The molecule has 28 heavy (non-hydrogen) atoms. The molecule has 1 aromatic heterocycles. The van der Waals surface area contributed by atoms with Gasteiger partial charge in [0.05, 0.1) is 29.4 Å². The van der Waals surface area contributed by atoms with Crippen molar-refractivity contribution in [1.29, 1.82) is 0 Å². The lowest BCUT2D eigenvalue weighted by Gasteiger charge is -2.08. The summed E-state index contributed by atoms with van der Waals surface area (Å²) in [7, 11) is 1.65. The number of aromatic nitrogens is 2. The summed E-state index contributed by atoms with van der Waals surface area (Å²) in [5, 5.41) is 6.16. The first-order chi connectivity index (χ1) is 13.7. The maximum Gasteiger partial charge on any atom is 0.279 e. The Morgan fingerprint density at radius 3 is 2.43 bits per heavy atom. The minimum atomic E-state index is -0.198. The third-order valence-corrected chi connectivity index (χ3v) is 4.79. The monoisotopic (exact) mass is 388 g/mol. The molecular weight excluding hydrogens is 372 g/mol. The third-order valence-electron chi connectivity index (χ3n) is 4.48. The normalized spacial score (nSPS) is 11.2. The number of fused-ring (bicyclic) bond motifs is 1. The topological polar surface area (TPSA) is 44.1 Å². The molecule has 1 heterocycles. The van der Waals surface area contributed by atoms with Crippen LogP contribution in [0.5, 0.6) is 5.75 Å². The first-order valence-electron chi connectivity index (χ1n) is 8.75. The summed E-state index contributed by atoms with van der Waals surface area (Å²) in [6.07, 6.45) is 5.70. The van der Waals surface area contributed by atoms with Crippen molar-refractivity contribution in [3.05, 3.63) is 99.4 Å². The number of ether oxygens (including phenoxy) is 1. The van der Waals surface area contributed by atoms with Crippen LogP contribution in [0.25, 0.3) is 28.6 Å². The number of rotatable bonds is 4. The van der Waals surface area contributed by atoms with Gasteiger partial charge in [-0.2, -0.15) is 9.78 Å². The van der Waals surface area contributed by atoms with Gasteiger partial charge in [-0.3, -0.25) is 4.79 Å². The highest BCUT2D eigenvalue weighted by atomic mass is 35.5. The molecule has 0 saturated carbocycles. The van der Waals surface area contributed by atoms with Crippen molar-refractivity contribution in [2.75, 3.05) is 7.11 Å². The van der Waals surface area contributed by atoms with Crippen molar-refractivity contribution in [2.24, 2.45) is 0 Å². The van der Waals surface area contributed by atoms with Gasteiger partial charge in [-0.05, 0) is 47.5 Å². The van der Waals surface area contributed by atoms with Gasteiger partial charge in [0.15, 0.2) is 0 Å². The molecule has 0 bridgehead atoms. The molecule has 0 radical (unpaired) electrons. The van der Waals surface area contributed by atoms with E-state index in [0.717, 1.165) is 22.3 Å². The van der Waals surface area contributed by atoms with Gasteiger partial charge in [0.1, 0.15) is 5.75 Å². The SMILES string of the molecule is COc1ccc(/C=C/c2ccc3c(=O)n(-c4ccccc4Cl)ncc3c2)cc1. The highest BCUT2D eigenvalue weighted by Gasteiger charge is 2.09. The fraction of sp³-hybridized carbons (Fsp3) is 0.0435. The van der Waals surface area contributed by atoms with E-state index in [0.29, 0.717) is 16.1 Å². The van der Waals surface area contributed by atoms with E-state index in [2.05, 4.69) is 5.10 Å². The van der Waals surface area contributed by atoms with Crippen LogP contribution in [0.3, 0.4) is 0 Å². The van der Waals surface area contributed by atoms with Crippen LogP contribution in [-0.2, 0) is 0 Å². The summed E-state index contributed by atoms with van der Waals surface area (Å²) >= 11 is 6.21. The predicted octanol–water partition coefficient (Wildman–Crippen LogP) is 5.22. The third kappa shape index (κ3) is 3.55. The Balaban J connectivity index is 1.68. The van der Waals surface area contributed by atoms with E-state index in [1.165, 1.54) is 4.68 Å². The zero-order chi connectivity index (χ0) is 19.5. The average molecular weight is 389 g/mol. The quantitative estimate of drug-likeness (QED) is 0.450. The standard InChI is InChI=1S/C23H17ClN2O2/c1-28-19-11-8-16(9-12-19)6-7-17-10-13-20-18(14-17)15-25-26(23(20)27)22-5-3-2-4-21(22)24/h2-15H,1H3/b7-6+. The number of hydrogen-bond donors (Lipinski definition) is 0. The van der Waals surface area contributed by atoms with Crippen LogP contribution in [0.15, 0.2) is 77.7 Å². The fourth-order valence-electron chi connectivity index (χ4n) is 2.98. The zero-order valence-corrected chi connectivity index (χ0v) is 15.9. The first-order valence-corrected chi connectivity index (χ1v) is 9.12. The number of methoxy groups -OCH3 is 1. The van der Waals surface area contributed by atoms with E-state index >= 15 is 0 Å². The van der Waals surface area contributed by atoms with Gasteiger partial charge in [0.25, 0.3) is 5.56 Å². The minimum absolute atomic E-state index is 0.198. The molecule has 0 atom stereocenters. The lowest BCUT2D eigenvalue weighted by Crippen LogP contribution is -2.21. The molecule has 0 spiro atoms. The molecule has 0 aliphatic carbocycles. The summed E-state index contributed by atoms with van der Waals surface area (Å²) in [5.74, 6) is 0.823. The van der Waals surface area contributed by atoms with Crippen molar-refractivity contribution in [1.82, 2.24) is 9.78 Å².